The smallest absolute Gasteiger partial charge is 0.223 e. The first-order chi connectivity index (χ1) is 8.60. The third-order valence-electron chi connectivity index (χ3n) is 2.66. The zero-order valence-corrected chi connectivity index (χ0v) is 10.8. The lowest BCUT2D eigenvalue weighted by Gasteiger charge is -2.07. The summed E-state index contributed by atoms with van der Waals surface area (Å²) in [6.07, 6.45) is 0. The van der Waals surface area contributed by atoms with Crippen LogP contribution < -0.4 is 5.32 Å². The maximum atomic E-state index is 13.6. The van der Waals surface area contributed by atoms with Crippen molar-refractivity contribution in [3.05, 3.63) is 41.3 Å². The van der Waals surface area contributed by atoms with Crippen molar-refractivity contribution in [2.24, 2.45) is 0 Å². The molecule has 0 fully saturated rings. The van der Waals surface area contributed by atoms with E-state index in [1.165, 1.54) is 6.07 Å². The van der Waals surface area contributed by atoms with Crippen LogP contribution in [0.3, 0.4) is 0 Å². The lowest BCUT2D eigenvalue weighted by molar-refractivity contribution is 0.619. The molecule has 0 aliphatic heterocycles. The number of aryl methyl sites for hydroxylation is 2. The summed E-state index contributed by atoms with van der Waals surface area (Å²) in [5, 5.41) is 3.07. The van der Waals surface area contributed by atoms with Crippen LogP contribution in [0.25, 0.3) is 11.3 Å². The second kappa shape index (κ2) is 5.12. The van der Waals surface area contributed by atoms with Gasteiger partial charge in [0.1, 0.15) is 5.82 Å². The minimum absolute atomic E-state index is 0.214. The monoisotopic (exact) mass is 245 g/mol. The highest BCUT2D eigenvalue weighted by Crippen LogP contribution is 2.21. The summed E-state index contributed by atoms with van der Waals surface area (Å²) in [4.78, 5) is 8.65. The van der Waals surface area contributed by atoms with Crippen LogP contribution in [0.15, 0.2) is 24.3 Å². The fourth-order valence-electron chi connectivity index (χ4n) is 1.71. The molecule has 0 aliphatic carbocycles. The van der Waals surface area contributed by atoms with Gasteiger partial charge in [-0.15, -0.1) is 0 Å². The van der Waals surface area contributed by atoms with Crippen LogP contribution in [0.2, 0.25) is 0 Å². The summed E-state index contributed by atoms with van der Waals surface area (Å²) in [7, 11) is 0. The fraction of sp³-hybridized carbons (Fsp3) is 0.286. The molecule has 1 heterocycles. The Morgan fingerprint density at radius 1 is 1.17 bits per heavy atom. The van der Waals surface area contributed by atoms with E-state index < -0.39 is 0 Å². The molecule has 0 unspecified atom stereocenters. The second-order valence-corrected chi connectivity index (χ2v) is 4.21. The number of nitrogens with one attached hydrogen (secondary N) is 1. The maximum absolute atomic E-state index is 13.6. The van der Waals surface area contributed by atoms with Crippen LogP contribution in [0, 0.1) is 19.7 Å². The molecule has 0 radical (unpaired) electrons. The van der Waals surface area contributed by atoms with Crippen molar-refractivity contribution in [1.82, 2.24) is 9.97 Å². The molecule has 1 N–H and O–H groups in total. The summed E-state index contributed by atoms with van der Waals surface area (Å²) in [5.74, 6) is 0.363. The Hall–Kier alpha value is -1.97. The highest BCUT2D eigenvalue weighted by atomic mass is 19.1. The topological polar surface area (TPSA) is 37.8 Å². The van der Waals surface area contributed by atoms with Gasteiger partial charge in [-0.25, -0.2) is 14.4 Å². The highest BCUT2D eigenvalue weighted by Gasteiger charge is 2.06. The molecule has 0 amide bonds. The Balaban J connectivity index is 2.46. The van der Waals surface area contributed by atoms with Crippen LogP contribution in [0.1, 0.15) is 18.2 Å². The average Bonchev–Trinajstić information content (AvgIpc) is 2.32. The number of aromatic nitrogens is 2. The number of halogens is 1. The molecule has 1 aromatic heterocycles. The van der Waals surface area contributed by atoms with Gasteiger partial charge < -0.3 is 5.32 Å². The molecule has 0 bridgehead atoms. The van der Waals surface area contributed by atoms with Gasteiger partial charge in [0, 0.05) is 17.8 Å². The quantitative estimate of drug-likeness (QED) is 0.901. The molecular weight excluding hydrogens is 229 g/mol. The minimum atomic E-state index is -0.214. The number of anilines is 1. The number of nitrogens with zero attached hydrogens (tertiary/aromatic N) is 2. The number of hydrogen-bond donors (Lipinski definition) is 1. The maximum Gasteiger partial charge on any atom is 0.223 e. The van der Waals surface area contributed by atoms with E-state index >= 15 is 0 Å². The largest absolute Gasteiger partial charge is 0.354 e. The normalized spacial score (nSPS) is 10.4. The Morgan fingerprint density at radius 3 is 2.61 bits per heavy atom. The molecular formula is C14H16FN3. The van der Waals surface area contributed by atoms with Crippen molar-refractivity contribution < 1.29 is 4.39 Å². The lowest BCUT2D eigenvalue weighted by atomic mass is 10.1. The highest BCUT2D eigenvalue weighted by molar-refractivity contribution is 5.61. The summed E-state index contributed by atoms with van der Waals surface area (Å²) in [6, 6.07) is 6.99. The van der Waals surface area contributed by atoms with Crippen molar-refractivity contribution in [2.45, 2.75) is 20.8 Å². The van der Waals surface area contributed by atoms with E-state index in [0.29, 0.717) is 11.5 Å². The van der Waals surface area contributed by atoms with Gasteiger partial charge in [-0.1, -0.05) is 12.1 Å². The molecule has 0 spiro atoms. The third-order valence-corrected chi connectivity index (χ3v) is 2.66. The van der Waals surface area contributed by atoms with E-state index in [1.807, 2.05) is 26.0 Å². The van der Waals surface area contributed by atoms with Crippen molar-refractivity contribution in [2.75, 3.05) is 11.9 Å². The first kappa shape index (κ1) is 12.5. The molecule has 1 aromatic carbocycles. The standard InChI is InChI=1S/C14H16FN3/c1-4-16-14-17-10(3)7-13(18-14)11-6-5-9(2)12(15)8-11/h5-8H,4H2,1-3H3,(H,16,17,18). The SMILES string of the molecule is CCNc1nc(C)cc(-c2ccc(C)c(F)c2)n1. The fourth-order valence-corrected chi connectivity index (χ4v) is 1.71. The molecule has 0 atom stereocenters. The number of hydrogen-bond acceptors (Lipinski definition) is 3. The van der Waals surface area contributed by atoms with Crippen LogP contribution in [0.4, 0.5) is 10.3 Å². The van der Waals surface area contributed by atoms with E-state index in [2.05, 4.69) is 15.3 Å². The van der Waals surface area contributed by atoms with Crippen molar-refractivity contribution >= 4 is 5.95 Å². The Morgan fingerprint density at radius 2 is 1.94 bits per heavy atom. The molecule has 2 aromatic rings. The van der Waals surface area contributed by atoms with E-state index in [-0.39, 0.29) is 5.82 Å². The number of benzene rings is 1. The zero-order chi connectivity index (χ0) is 13.1. The molecule has 94 valence electrons. The van der Waals surface area contributed by atoms with E-state index in [0.717, 1.165) is 23.5 Å². The van der Waals surface area contributed by atoms with Crippen molar-refractivity contribution in [3.8, 4) is 11.3 Å². The third kappa shape index (κ3) is 2.64. The lowest BCUT2D eigenvalue weighted by Crippen LogP contribution is -2.04. The van der Waals surface area contributed by atoms with Gasteiger partial charge in [-0.3, -0.25) is 0 Å². The van der Waals surface area contributed by atoms with Crippen LogP contribution in [-0.2, 0) is 0 Å². The number of rotatable bonds is 3. The van der Waals surface area contributed by atoms with Crippen molar-refractivity contribution in [3.63, 3.8) is 0 Å². The van der Waals surface area contributed by atoms with E-state index in [4.69, 9.17) is 0 Å². The second-order valence-electron chi connectivity index (χ2n) is 4.21. The predicted molar refractivity (Wildman–Crippen MR) is 71.1 cm³/mol. The summed E-state index contributed by atoms with van der Waals surface area (Å²) < 4.78 is 13.6. The Bertz CT molecular complexity index is 567. The Labute approximate surface area is 106 Å². The first-order valence-corrected chi connectivity index (χ1v) is 5.96. The van der Waals surface area contributed by atoms with Gasteiger partial charge in [0.15, 0.2) is 0 Å². The van der Waals surface area contributed by atoms with Gasteiger partial charge in [-0.05, 0) is 38.5 Å². The average molecular weight is 245 g/mol. The summed E-state index contributed by atoms with van der Waals surface area (Å²) >= 11 is 0. The molecule has 3 nitrogen and oxygen atoms in total. The van der Waals surface area contributed by atoms with Gasteiger partial charge in [0.2, 0.25) is 5.95 Å². The van der Waals surface area contributed by atoms with Gasteiger partial charge in [0.05, 0.1) is 5.69 Å². The van der Waals surface area contributed by atoms with Crippen LogP contribution >= 0.6 is 0 Å². The first-order valence-electron chi connectivity index (χ1n) is 5.96. The molecule has 4 heteroatoms. The molecule has 18 heavy (non-hydrogen) atoms. The van der Waals surface area contributed by atoms with E-state index in [1.54, 1.807) is 13.0 Å². The van der Waals surface area contributed by atoms with Crippen LogP contribution in [0.5, 0.6) is 0 Å². The zero-order valence-electron chi connectivity index (χ0n) is 10.8. The van der Waals surface area contributed by atoms with Gasteiger partial charge >= 0.3 is 0 Å². The minimum Gasteiger partial charge on any atom is -0.354 e. The predicted octanol–water partition coefficient (Wildman–Crippen LogP) is 3.33. The summed E-state index contributed by atoms with van der Waals surface area (Å²) in [5.41, 5.74) is 2.99. The van der Waals surface area contributed by atoms with Crippen molar-refractivity contribution in [1.29, 1.82) is 0 Å². The molecule has 2 rings (SSSR count). The molecule has 0 aliphatic rings. The van der Waals surface area contributed by atoms with Gasteiger partial charge in [-0.2, -0.15) is 0 Å². The van der Waals surface area contributed by atoms with E-state index in [9.17, 15) is 4.39 Å². The Kier molecular flexibility index (Phi) is 3.55. The molecule has 0 saturated heterocycles. The summed E-state index contributed by atoms with van der Waals surface area (Å²) in [6.45, 7) is 6.38. The molecule has 0 saturated carbocycles. The van der Waals surface area contributed by atoms with Gasteiger partial charge in [0.25, 0.3) is 0 Å². The van der Waals surface area contributed by atoms with Crippen LogP contribution in [-0.4, -0.2) is 16.5 Å².